The van der Waals surface area contributed by atoms with Crippen molar-refractivity contribution in [3.63, 3.8) is 0 Å². The molecule has 3 heteroatoms. The van der Waals surface area contributed by atoms with Crippen molar-refractivity contribution < 1.29 is 2.74 Å². The van der Waals surface area contributed by atoms with Gasteiger partial charge in [-0.25, -0.2) is 0 Å². The molecule has 0 radical (unpaired) electrons. The van der Waals surface area contributed by atoms with E-state index in [1.165, 1.54) is 38.9 Å². The molecule has 11 rings (SSSR count). The van der Waals surface area contributed by atoms with E-state index >= 15 is 0 Å². The van der Waals surface area contributed by atoms with Gasteiger partial charge < -0.3 is 0 Å². The molecule has 322 valence electrons. The van der Waals surface area contributed by atoms with Crippen molar-refractivity contribution in [3.8, 4) is 78.3 Å². The SMILES string of the molecule is [2H]C1([2H])c2ccccc2-c2ccc(-c3ccnc(-c4ccc(-c5ccccc5-c5cc(CCc6ccc(-c7ccc(C)cn7)cc6)cc(CCc6ccc(-c7ccc(C)cn7)cc6)c5)cc4)c3)cc21. The summed E-state index contributed by atoms with van der Waals surface area (Å²) in [6, 6.07) is 69.0. The fourth-order valence-electron chi connectivity index (χ4n) is 9.35. The third-order valence-electron chi connectivity index (χ3n) is 13.1. The van der Waals surface area contributed by atoms with E-state index < -0.39 is 6.37 Å². The molecular formula is C64H51N3. The Labute approximate surface area is 397 Å². The number of hydrogen-bond donors (Lipinski definition) is 0. The number of benzene rings is 7. The van der Waals surface area contributed by atoms with Gasteiger partial charge in [0.1, 0.15) is 0 Å². The number of pyridine rings is 3. The summed E-state index contributed by atoms with van der Waals surface area (Å²) < 4.78 is 18.0. The van der Waals surface area contributed by atoms with E-state index in [-0.39, 0.29) is 0 Å². The summed E-state index contributed by atoms with van der Waals surface area (Å²) in [5.74, 6) is 0. The smallest absolute Gasteiger partial charge is 0.0708 e. The minimum Gasteiger partial charge on any atom is -0.256 e. The molecule has 7 aromatic carbocycles. The van der Waals surface area contributed by atoms with E-state index in [9.17, 15) is 0 Å². The summed E-state index contributed by atoms with van der Waals surface area (Å²) in [5, 5.41) is 0. The maximum absolute atomic E-state index is 8.99. The van der Waals surface area contributed by atoms with Crippen molar-refractivity contribution >= 4 is 0 Å². The first-order valence-corrected chi connectivity index (χ1v) is 23.3. The Morgan fingerprint density at radius 2 is 0.821 bits per heavy atom. The van der Waals surface area contributed by atoms with Crippen molar-refractivity contribution in [2.75, 3.05) is 0 Å². The molecule has 0 bridgehead atoms. The Morgan fingerprint density at radius 1 is 0.343 bits per heavy atom. The molecule has 0 N–H and O–H groups in total. The molecule has 1 aliphatic rings. The summed E-state index contributed by atoms with van der Waals surface area (Å²) in [5.41, 5.74) is 23.9. The van der Waals surface area contributed by atoms with Crippen LogP contribution in [0.15, 0.2) is 213 Å². The van der Waals surface area contributed by atoms with E-state index in [2.05, 4.69) is 182 Å². The van der Waals surface area contributed by atoms with E-state index in [1.54, 1.807) is 0 Å². The van der Waals surface area contributed by atoms with Crippen LogP contribution in [0, 0.1) is 13.8 Å². The van der Waals surface area contributed by atoms with Crippen LogP contribution in [-0.2, 0) is 32.1 Å². The third kappa shape index (κ3) is 9.15. The molecule has 1 aliphatic carbocycles. The van der Waals surface area contributed by atoms with Gasteiger partial charge in [0.15, 0.2) is 0 Å². The number of nitrogens with zero attached hydrogens (tertiary/aromatic N) is 3. The zero-order chi connectivity index (χ0) is 46.9. The predicted molar refractivity (Wildman–Crippen MR) is 278 cm³/mol. The van der Waals surface area contributed by atoms with Gasteiger partial charge in [-0.1, -0.05) is 170 Å². The molecule has 67 heavy (non-hydrogen) atoms. The van der Waals surface area contributed by atoms with Crippen LogP contribution in [0.3, 0.4) is 0 Å². The first kappa shape index (κ1) is 39.4. The lowest BCUT2D eigenvalue weighted by Gasteiger charge is -2.15. The zero-order valence-corrected chi connectivity index (χ0v) is 37.9. The van der Waals surface area contributed by atoms with Gasteiger partial charge in [0.05, 0.1) is 17.1 Å². The van der Waals surface area contributed by atoms with Crippen LogP contribution in [0.25, 0.3) is 78.3 Å². The van der Waals surface area contributed by atoms with Gasteiger partial charge >= 0.3 is 0 Å². The highest BCUT2D eigenvalue weighted by molar-refractivity contribution is 5.85. The lowest BCUT2D eigenvalue weighted by molar-refractivity contribution is 0.931. The van der Waals surface area contributed by atoms with E-state index in [4.69, 9.17) is 7.73 Å². The van der Waals surface area contributed by atoms with Crippen molar-refractivity contribution in [1.82, 2.24) is 15.0 Å². The maximum Gasteiger partial charge on any atom is 0.0708 e. The van der Waals surface area contributed by atoms with Crippen LogP contribution >= 0.6 is 0 Å². The number of fused-ring (bicyclic) bond motifs is 3. The Balaban J connectivity index is 0.863. The summed E-state index contributed by atoms with van der Waals surface area (Å²) in [4.78, 5) is 14.1. The lowest BCUT2D eigenvalue weighted by atomic mass is 9.90. The minimum absolute atomic E-state index is 0.712. The van der Waals surface area contributed by atoms with E-state index in [1.807, 2.05) is 55.0 Å². The highest BCUT2D eigenvalue weighted by Gasteiger charge is 2.19. The average Bonchev–Trinajstić information content (AvgIpc) is 3.63. The predicted octanol–water partition coefficient (Wildman–Crippen LogP) is 15.6. The first-order chi connectivity index (χ1) is 33.7. The van der Waals surface area contributed by atoms with Crippen LogP contribution in [0.2, 0.25) is 0 Å². The van der Waals surface area contributed by atoms with Crippen LogP contribution in [0.1, 0.15) is 47.2 Å². The molecule has 3 nitrogen and oxygen atoms in total. The average molecular weight is 864 g/mol. The Bertz CT molecular complexity index is 3340. The first-order valence-electron chi connectivity index (χ1n) is 24.3. The number of aryl methyl sites for hydroxylation is 6. The molecule has 0 saturated heterocycles. The van der Waals surface area contributed by atoms with Gasteiger partial charge in [0.2, 0.25) is 0 Å². The van der Waals surface area contributed by atoms with Crippen molar-refractivity contribution in [1.29, 1.82) is 0 Å². The van der Waals surface area contributed by atoms with Crippen molar-refractivity contribution in [2.45, 2.75) is 45.9 Å². The van der Waals surface area contributed by atoms with Gasteiger partial charge in [0.25, 0.3) is 0 Å². The Kier molecular flexibility index (Phi) is 10.8. The molecule has 3 heterocycles. The van der Waals surface area contributed by atoms with Gasteiger partial charge in [-0.05, 0) is 159 Å². The summed E-state index contributed by atoms with van der Waals surface area (Å²) >= 11 is 0. The highest BCUT2D eigenvalue weighted by atomic mass is 14.7. The quantitative estimate of drug-likeness (QED) is 0.123. The molecule has 0 unspecified atom stereocenters. The summed E-state index contributed by atoms with van der Waals surface area (Å²) in [7, 11) is 0. The summed E-state index contributed by atoms with van der Waals surface area (Å²) in [6.45, 7) is 4.14. The van der Waals surface area contributed by atoms with Crippen LogP contribution in [0.4, 0.5) is 0 Å². The molecule has 3 aromatic heterocycles. The maximum atomic E-state index is 8.99. The zero-order valence-electron chi connectivity index (χ0n) is 39.9. The van der Waals surface area contributed by atoms with Crippen molar-refractivity contribution in [2.24, 2.45) is 0 Å². The molecule has 0 saturated carbocycles. The topological polar surface area (TPSA) is 38.7 Å². The van der Waals surface area contributed by atoms with E-state index in [0.717, 1.165) is 104 Å². The normalized spacial score (nSPS) is 12.8. The molecule has 0 atom stereocenters. The standard InChI is InChI=1S/C64H51N3/c1-43-11-31-62(66-41-43)50-21-17-45(18-22-50)13-15-47-35-48(16-14-46-19-23-51(24-20-46)63-32-12-44(2)42-67-63)37-56(36-47)60-10-6-5-8-58(60)49-25-27-52(28-26-49)64-40-54(33-34-65-64)53-29-30-61-57(38-53)39-55-7-3-4-9-59(55)61/h3-12,17-38,40-42H,13-16,39H2,1-2H3/i39D2. The van der Waals surface area contributed by atoms with Crippen LogP contribution in [-0.4, -0.2) is 15.0 Å². The monoisotopic (exact) mass is 863 g/mol. The third-order valence-corrected chi connectivity index (χ3v) is 13.1. The number of rotatable bonds is 12. The van der Waals surface area contributed by atoms with Crippen LogP contribution in [0.5, 0.6) is 0 Å². The van der Waals surface area contributed by atoms with Crippen LogP contribution < -0.4 is 0 Å². The van der Waals surface area contributed by atoms with Gasteiger partial charge in [0, 0.05) is 38.0 Å². The highest BCUT2D eigenvalue weighted by Crippen LogP contribution is 2.39. The van der Waals surface area contributed by atoms with Gasteiger partial charge in [-0.15, -0.1) is 0 Å². The molecule has 10 aromatic rings. The summed E-state index contributed by atoms with van der Waals surface area (Å²) in [6.07, 6.45) is 7.89. The fourth-order valence-corrected chi connectivity index (χ4v) is 9.35. The molecule has 0 amide bonds. The Hall–Kier alpha value is -8.01. The largest absolute Gasteiger partial charge is 0.256 e. The lowest BCUT2D eigenvalue weighted by Crippen LogP contribution is -1.98. The molecule has 0 spiro atoms. The second kappa shape index (κ2) is 18.5. The van der Waals surface area contributed by atoms with E-state index in [0.29, 0.717) is 5.56 Å². The molecule has 0 fully saturated rings. The minimum atomic E-state index is -1.55. The molecule has 0 aliphatic heterocycles. The number of aromatic nitrogens is 3. The van der Waals surface area contributed by atoms with Crippen molar-refractivity contribution in [3.05, 3.63) is 257 Å². The second-order valence-corrected chi connectivity index (χ2v) is 17.9. The Morgan fingerprint density at radius 3 is 1.42 bits per heavy atom. The number of hydrogen-bond acceptors (Lipinski definition) is 3. The van der Waals surface area contributed by atoms with Gasteiger partial charge in [-0.3, -0.25) is 15.0 Å². The second-order valence-electron chi connectivity index (χ2n) is 17.9. The van der Waals surface area contributed by atoms with Gasteiger partial charge in [-0.2, -0.15) is 0 Å². The fraction of sp³-hybridized carbons (Fsp3) is 0.109. The molecular weight excluding hydrogens is 811 g/mol.